The molecule has 0 spiro atoms. The molecule has 1 aromatic heterocycles. The number of esters is 1. The number of halogens is 1. The van der Waals surface area contributed by atoms with Gasteiger partial charge < -0.3 is 10.1 Å². The molecule has 1 aromatic carbocycles. The standard InChI is InChI=1S/C17H15FN2O4/c1-24-17(23)12-8-9-19-15(10-12)20-16(22)7-6-14(21)11-2-4-13(18)5-3-11/h2-5,8-10H,6-7H2,1H3,(H,19,20,22). The summed E-state index contributed by atoms with van der Waals surface area (Å²) >= 11 is 0. The molecule has 0 aliphatic carbocycles. The molecule has 0 saturated carbocycles. The van der Waals surface area contributed by atoms with E-state index in [-0.39, 0.29) is 30.0 Å². The van der Waals surface area contributed by atoms with Gasteiger partial charge in [-0.2, -0.15) is 0 Å². The Morgan fingerprint density at radius 2 is 1.79 bits per heavy atom. The van der Waals surface area contributed by atoms with Gasteiger partial charge in [-0.25, -0.2) is 14.2 Å². The lowest BCUT2D eigenvalue weighted by atomic mass is 10.1. The third-order valence-corrected chi connectivity index (χ3v) is 3.19. The number of aromatic nitrogens is 1. The maximum absolute atomic E-state index is 12.8. The van der Waals surface area contributed by atoms with E-state index in [0.29, 0.717) is 5.56 Å². The zero-order valence-electron chi connectivity index (χ0n) is 12.9. The molecule has 0 radical (unpaired) electrons. The molecular formula is C17H15FN2O4. The maximum Gasteiger partial charge on any atom is 0.338 e. The number of pyridine rings is 1. The molecule has 1 heterocycles. The molecule has 6 nitrogen and oxygen atoms in total. The van der Waals surface area contributed by atoms with Gasteiger partial charge in [0, 0.05) is 24.6 Å². The molecule has 7 heteroatoms. The van der Waals surface area contributed by atoms with Crippen LogP contribution in [0.2, 0.25) is 0 Å². The van der Waals surface area contributed by atoms with E-state index in [1.165, 1.54) is 49.7 Å². The average Bonchev–Trinajstić information content (AvgIpc) is 2.59. The summed E-state index contributed by atoms with van der Waals surface area (Å²) in [6, 6.07) is 7.96. The van der Waals surface area contributed by atoms with E-state index in [4.69, 9.17) is 0 Å². The summed E-state index contributed by atoms with van der Waals surface area (Å²) in [7, 11) is 1.25. The lowest BCUT2D eigenvalue weighted by Gasteiger charge is -2.06. The van der Waals surface area contributed by atoms with Gasteiger partial charge in [0.2, 0.25) is 5.91 Å². The minimum atomic E-state index is -0.542. The molecule has 124 valence electrons. The smallest absolute Gasteiger partial charge is 0.338 e. The van der Waals surface area contributed by atoms with Crippen molar-refractivity contribution in [2.45, 2.75) is 12.8 Å². The van der Waals surface area contributed by atoms with Gasteiger partial charge in [0.1, 0.15) is 11.6 Å². The fourth-order valence-corrected chi connectivity index (χ4v) is 1.96. The van der Waals surface area contributed by atoms with Crippen LogP contribution in [0.25, 0.3) is 0 Å². The molecule has 0 saturated heterocycles. The molecule has 0 atom stereocenters. The van der Waals surface area contributed by atoms with Crippen molar-refractivity contribution in [3.63, 3.8) is 0 Å². The number of Topliss-reactive ketones (excluding diaryl/α,β-unsaturated/α-hetero) is 1. The Kier molecular flexibility index (Phi) is 5.73. The Labute approximate surface area is 137 Å². The molecule has 0 unspecified atom stereocenters. The molecule has 0 bridgehead atoms. The van der Waals surface area contributed by atoms with Gasteiger partial charge in [-0.1, -0.05) is 0 Å². The summed E-state index contributed by atoms with van der Waals surface area (Å²) in [5.74, 6) is -1.46. The number of carbonyl (C=O) groups is 3. The topological polar surface area (TPSA) is 85.4 Å². The molecule has 1 N–H and O–H groups in total. The Morgan fingerprint density at radius 3 is 2.46 bits per heavy atom. The monoisotopic (exact) mass is 330 g/mol. The number of methoxy groups -OCH3 is 1. The first-order valence-corrected chi connectivity index (χ1v) is 7.12. The second-order valence-corrected chi connectivity index (χ2v) is 4.90. The summed E-state index contributed by atoms with van der Waals surface area (Å²) in [5, 5.41) is 2.51. The number of ketones is 1. The van der Waals surface area contributed by atoms with Crippen molar-refractivity contribution in [3.8, 4) is 0 Å². The van der Waals surface area contributed by atoms with Crippen LogP contribution in [0.5, 0.6) is 0 Å². The number of carbonyl (C=O) groups excluding carboxylic acids is 3. The van der Waals surface area contributed by atoms with Crippen molar-refractivity contribution < 1.29 is 23.5 Å². The Balaban J connectivity index is 1.90. The Bertz CT molecular complexity index is 759. The fraction of sp³-hybridized carbons (Fsp3) is 0.176. The number of rotatable bonds is 6. The number of hydrogen-bond acceptors (Lipinski definition) is 5. The van der Waals surface area contributed by atoms with Crippen LogP contribution in [0.1, 0.15) is 33.6 Å². The number of nitrogens with one attached hydrogen (secondary N) is 1. The first-order chi connectivity index (χ1) is 11.5. The second kappa shape index (κ2) is 7.96. The Hall–Kier alpha value is -3.09. The minimum Gasteiger partial charge on any atom is -0.465 e. The number of ether oxygens (including phenoxy) is 1. The SMILES string of the molecule is COC(=O)c1ccnc(NC(=O)CCC(=O)c2ccc(F)cc2)c1. The van der Waals surface area contributed by atoms with Gasteiger partial charge >= 0.3 is 5.97 Å². The van der Waals surface area contributed by atoms with E-state index < -0.39 is 17.7 Å². The van der Waals surface area contributed by atoms with Crippen molar-refractivity contribution in [2.24, 2.45) is 0 Å². The number of anilines is 1. The summed E-state index contributed by atoms with van der Waals surface area (Å²) in [6.07, 6.45) is 1.29. The van der Waals surface area contributed by atoms with E-state index in [9.17, 15) is 18.8 Å². The number of nitrogens with zero attached hydrogens (tertiary/aromatic N) is 1. The first-order valence-electron chi connectivity index (χ1n) is 7.12. The van der Waals surface area contributed by atoms with Crippen LogP contribution in [0, 0.1) is 5.82 Å². The summed E-state index contributed by atoms with van der Waals surface area (Å²) in [5.41, 5.74) is 0.597. The molecule has 2 aromatic rings. The predicted molar refractivity (Wildman–Crippen MR) is 84.2 cm³/mol. The molecule has 1 amide bonds. The molecule has 0 fully saturated rings. The number of benzene rings is 1. The second-order valence-electron chi connectivity index (χ2n) is 4.90. The van der Waals surface area contributed by atoms with Crippen molar-refractivity contribution >= 4 is 23.5 Å². The van der Waals surface area contributed by atoms with Crippen LogP contribution < -0.4 is 5.32 Å². The van der Waals surface area contributed by atoms with Gasteiger partial charge in [0.05, 0.1) is 12.7 Å². The van der Waals surface area contributed by atoms with E-state index in [1.54, 1.807) is 0 Å². The van der Waals surface area contributed by atoms with E-state index in [1.807, 2.05) is 0 Å². The van der Waals surface area contributed by atoms with E-state index >= 15 is 0 Å². The third-order valence-electron chi connectivity index (χ3n) is 3.19. The minimum absolute atomic E-state index is 0.0197. The molecule has 0 aliphatic heterocycles. The largest absolute Gasteiger partial charge is 0.465 e. The van der Waals surface area contributed by atoms with Gasteiger partial charge in [-0.15, -0.1) is 0 Å². The van der Waals surface area contributed by atoms with Crippen LogP contribution in [0.15, 0.2) is 42.6 Å². The van der Waals surface area contributed by atoms with Gasteiger partial charge in [-0.05, 0) is 36.4 Å². The number of amides is 1. The molecule has 24 heavy (non-hydrogen) atoms. The first kappa shape index (κ1) is 17.3. The summed E-state index contributed by atoms with van der Waals surface area (Å²) in [4.78, 5) is 39.1. The molecule has 0 aliphatic rings. The lowest BCUT2D eigenvalue weighted by molar-refractivity contribution is -0.116. The maximum atomic E-state index is 12.8. The highest BCUT2D eigenvalue weighted by molar-refractivity contribution is 6.00. The quantitative estimate of drug-likeness (QED) is 0.650. The van der Waals surface area contributed by atoms with Crippen LogP contribution in [-0.4, -0.2) is 29.8 Å². The highest BCUT2D eigenvalue weighted by Gasteiger charge is 2.12. The van der Waals surface area contributed by atoms with Gasteiger partial charge in [-0.3, -0.25) is 9.59 Å². The zero-order valence-corrected chi connectivity index (χ0v) is 12.9. The van der Waals surface area contributed by atoms with Crippen LogP contribution in [-0.2, 0) is 9.53 Å². The van der Waals surface area contributed by atoms with Crippen LogP contribution in [0.4, 0.5) is 10.2 Å². The molecule has 2 rings (SSSR count). The Morgan fingerprint density at radius 1 is 1.08 bits per heavy atom. The normalized spacial score (nSPS) is 10.1. The van der Waals surface area contributed by atoms with Crippen molar-refractivity contribution in [1.29, 1.82) is 0 Å². The summed E-state index contributed by atoms with van der Waals surface area (Å²) < 4.78 is 17.4. The van der Waals surface area contributed by atoms with Gasteiger partial charge in [0.15, 0.2) is 5.78 Å². The predicted octanol–water partition coefficient (Wildman–Crippen LogP) is 2.61. The highest BCUT2D eigenvalue weighted by atomic mass is 19.1. The highest BCUT2D eigenvalue weighted by Crippen LogP contribution is 2.11. The average molecular weight is 330 g/mol. The molecular weight excluding hydrogens is 315 g/mol. The van der Waals surface area contributed by atoms with Crippen LogP contribution >= 0.6 is 0 Å². The third kappa shape index (κ3) is 4.70. The fourth-order valence-electron chi connectivity index (χ4n) is 1.96. The van der Waals surface area contributed by atoms with Crippen molar-refractivity contribution in [2.75, 3.05) is 12.4 Å². The number of hydrogen-bond donors (Lipinski definition) is 1. The van der Waals surface area contributed by atoms with Crippen LogP contribution in [0.3, 0.4) is 0 Å². The van der Waals surface area contributed by atoms with E-state index in [2.05, 4.69) is 15.0 Å². The zero-order chi connectivity index (χ0) is 17.5. The van der Waals surface area contributed by atoms with Crippen molar-refractivity contribution in [3.05, 3.63) is 59.5 Å². The summed E-state index contributed by atoms with van der Waals surface area (Å²) in [6.45, 7) is 0. The van der Waals surface area contributed by atoms with E-state index in [0.717, 1.165) is 0 Å². The van der Waals surface area contributed by atoms with Crippen molar-refractivity contribution in [1.82, 2.24) is 4.98 Å². The lowest BCUT2D eigenvalue weighted by Crippen LogP contribution is -2.15. The van der Waals surface area contributed by atoms with Gasteiger partial charge in [0.25, 0.3) is 0 Å².